The zero-order valence-corrected chi connectivity index (χ0v) is 9.55. The lowest BCUT2D eigenvalue weighted by Gasteiger charge is -2.39. The number of nitrogens with one attached hydrogen (secondary N) is 1. The fraction of sp³-hybridized carbons (Fsp3) is 0.909. The molecule has 0 radical (unpaired) electrons. The second kappa shape index (κ2) is 3.54. The number of hydrogen-bond acceptors (Lipinski definition) is 2. The summed E-state index contributed by atoms with van der Waals surface area (Å²) in [5, 5.41) is 12.5. The van der Waals surface area contributed by atoms with E-state index in [1.165, 1.54) is 12.8 Å². The number of carboxylic acid groups (broad SMARTS) is 1. The Labute approximate surface area is 85.9 Å². The molecule has 0 spiro atoms. The average Bonchev–Trinajstić information content (AvgIpc) is 2.83. The summed E-state index contributed by atoms with van der Waals surface area (Å²) in [6.45, 7) is 8.42. The smallest absolute Gasteiger partial charge is 0.310 e. The van der Waals surface area contributed by atoms with Crippen LogP contribution in [0.15, 0.2) is 0 Å². The SMILES string of the molecule is CC(C)(NCC1CC1)C(C)(C)C(=O)O. The van der Waals surface area contributed by atoms with Gasteiger partial charge in [0.2, 0.25) is 0 Å². The van der Waals surface area contributed by atoms with Gasteiger partial charge in [0.1, 0.15) is 0 Å². The van der Waals surface area contributed by atoms with Crippen LogP contribution in [-0.4, -0.2) is 23.2 Å². The van der Waals surface area contributed by atoms with Crippen molar-refractivity contribution in [3.63, 3.8) is 0 Å². The second-order valence-electron chi connectivity index (χ2n) is 5.38. The molecule has 0 aromatic rings. The molecule has 0 amide bonds. The molecular formula is C11H21NO2. The molecule has 1 aliphatic rings. The van der Waals surface area contributed by atoms with E-state index in [0.717, 1.165) is 12.5 Å². The number of carboxylic acids is 1. The minimum Gasteiger partial charge on any atom is -0.481 e. The van der Waals surface area contributed by atoms with Crippen LogP contribution in [0.4, 0.5) is 0 Å². The average molecular weight is 199 g/mol. The van der Waals surface area contributed by atoms with Crippen LogP contribution in [0.2, 0.25) is 0 Å². The van der Waals surface area contributed by atoms with Crippen molar-refractivity contribution < 1.29 is 9.90 Å². The summed E-state index contributed by atoms with van der Waals surface area (Å²) >= 11 is 0. The number of carbonyl (C=O) groups is 1. The van der Waals surface area contributed by atoms with Crippen LogP contribution < -0.4 is 5.32 Å². The normalized spacial score (nSPS) is 18.3. The van der Waals surface area contributed by atoms with Gasteiger partial charge in [-0.2, -0.15) is 0 Å². The van der Waals surface area contributed by atoms with E-state index in [4.69, 9.17) is 5.11 Å². The Kier molecular flexibility index (Phi) is 2.91. The van der Waals surface area contributed by atoms with E-state index >= 15 is 0 Å². The minimum atomic E-state index is -0.745. The molecule has 1 rings (SSSR count). The van der Waals surface area contributed by atoms with Crippen LogP contribution in [0.1, 0.15) is 40.5 Å². The Bertz CT molecular complexity index is 229. The predicted molar refractivity (Wildman–Crippen MR) is 56.2 cm³/mol. The molecule has 3 nitrogen and oxygen atoms in total. The molecule has 1 aliphatic carbocycles. The van der Waals surface area contributed by atoms with Gasteiger partial charge in [-0.3, -0.25) is 4.79 Å². The van der Waals surface area contributed by atoms with E-state index in [-0.39, 0.29) is 5.54 Å². The van der Waals surface area contributed by atoms with Crippen LogP contribution >= 0.6 is 0 Å². The third kappa shape index (κ3) is 2.27. The predicted octanol–water partition coefficient (Wildman–Crippen LogP) is 1.88. The third-order valence-electron chi connectivity index (χ3n) is 3.63. The summed E-state index contributed by atoms with van der Waals surface area (Å²) in [5.74, 6) is 0.0321. The van der Waals surface area contributed by atoms with Gasteiger partial charge in [0, 0.05) is 5.54 Å². The summed E-state index contributed by atoms with van der Waals surface area (Å²) in [6, 6.07) is 0. The maximum atomic E-state index is 11.1. The maximum Gasteiger partial charge on any atom is 0.310 e. The molecule has 2 N–H and O–H groups in total. The van der Waals surface area contributed by atoms with Gasteiger partial charge in [-0.1, -0.05) is 0 Å². The van der Waals surface area contributed by atoms with E-state index in [0.29, 0.717) is 0 Å². The van der Waals surface area contributed by atoms with Gasteiger partial charge >= 0.3 is 5.97 Å². The van der Waals surface area contributed by atoms with Crippen LogP contribution in [0, 0.1) is 11.3 Å². The third-order valence-corrected chi connectivity index (χ3v) is 3.63. The zero-order valence-electron chi connectivity index (χ0n) is 9.55. The highest BCUT2D eigenvalue weighted by Gasteiger charge is 2.43. The molecule has 0 unspecified atom stereocenters. The van der Waals surface area contributed by atoms with Gasteiger partial charge in [0.05, 0.1) is 5.41 Å². The number of hydrogen-bond donors (Lipinski definition) is 2. The van der Waals surface area contributed by atoms with E-state index < -0.39 is 11.4 Å². The Balaban J connectivity index is 2.56. The Morgan fingerprint density at radius 3 is 2.21 bits per heavy atom. The monoisotopic (exact) mass is 199 g/mol. The quantitative estimate of drug-likeness (QED) is 0.710. The largest absolute Gasteiger partial charge is 0.481 e. The molecule has 0 aliphatic heterocycles. The molecule has 0 aromatic carbocycles. The lowest BCUT2D eigenvalue weighted by atomic mass is 9.74. The minimum absolute atomic E-state index is 0.360. The van der Waals surface area contributed by atoms with Crippen LogP contribution in [0.3, 0.4) is 0 Å². The summed E-state index contributed by atoms with van der Waals surface area (Å²) in [7, 11) is 0. The molecule has 0 aromatic heterocycles. The van der Waals surface area contributed by atoms with Crippen molar-refractivity contribution in [2.75, 3.05) is 6.54 Å². The van der Waals surface area contributed by atoms with Gasteiger partial charge in [-0.15, -0.1) is 0 Å². The van der Waals surface area contributed by atoms with Gasteiger partial charge in [0.25, 0.3) is 0 Å². The molecule has 14 heavy (non-hydrogen) atoms. The topological polar surface area (TPSA) is 49.3 Å². The van der Waals surface area contributed by atoms with Crippen molar-refractivity contribution in [1.82, 2.24) is 5.32 Å². The van der Waals surface area contributed by atoms with E-state index in [1.807, 2.05) is 13.8 Å². The first-order chi connectivity index (χ1) is 6.27. The molecule has 82 valence electrons. The maximum absolute atomic E-state index is 11.1. The zero-order chi connectivity index (χ0) is 11.0. The molecule has 3 heteroatoms. The van der Waals surface area contributed by atoms with Crippen molar-refractivity contribution in [2.45, 2.75) is 46.1 Å². The van der Waals surface area contributed by atoms with Gasteiger partial charge in [-0.05, 0) is 53.0 Å². The molecule has 0 heterocycles. The highest BCUT2D eigenvalue weighted by molar-refractivity contribution is 5.75. The number of aliphatic carboxylic acids is 1. The van der Waals surface area contributed by atoms with Gasteiger partial charge in [0.15, 0.2) is 0 Å². The van der Waals surface area contributed by atoms with Crippen LogP contribution in [0.25, 0.3) is 0 Å². The summed E-state index contributed by atoms with van der Waals surface area (Å²) < 4.78 is 0. The van der Waals surface area contributed by atoms with Crippen molar-refractivity contribution in [3.05, 3.63) is 0 Å². The first kappa shape index (κ1) is 11.5. The first-order valence-electron chi connectivity index (χ1n) is 5.26. The number of rotatable bonds is 5. The van der Waals surface area contributed by atoms with Gasteiger partial charge in [-0.25, -0.2) is 0 Å². The Morgan fingerprint density at radius 2 is 1.86 bits per heavy atom. The van der Waals surface area contributed by atoms with Crippen LogP contribution in [0.5, 0.6) is 0 Å². The fourth-order valence-corrected chi connectivity index (χ4v) is 1.21. The summed E-state index contributed by atoms with van der Waals surface area (Å²) in [4.78, 5) is 11.1. The lowest BCUT2D eigenvalue weighted by molar-refractivity contribution is -0.151. The highest BCUT2D eigenvalue weighted by atomic mass is 16.4. The van der Waals surface area contributed by atoms with E-state index in [1.54, 1.807) is 13.8 Å². The highest BCUT2D eigenvalue weighted by Crippen LogP contribution is 2.33. The van der Waals surface area contributed by atoms with E-state index in [9.17, 15) is 4.79 Å². The fourth-order valence-electron chi connectivity index (χ4n) is 1.21. The van der Waals surface area contributed by atoms with E-state index in [2.05, 4.69) is 5.32 Å². The second-order valence-corrected chi connectivity index (χ2v) is 5.38. The molecule has 1 fully saturated rings. The standard InChI is InChI=1S/C11H21NO2/c1-10(2,9(13)14)11(3,4)12-7-8-5-6-8/h8,12H,5-7H2,1-4H3,(H,13,14). The first-order valence-corrected chi connectivity index (χ1v) is 5.26. The van der Waals surface area contributed by atoms with Crippen molar-refractivity contribution in [1.29, 1.82) is 0 Å². The Morgan fingerprint density at radius 1 is 1.36 bits per heavy atom. The molecule has 0 bridgehead atoms. The lowest BCUT2D eigenvalue weighted by Crippen LogP contribution is -2.55. The summed E-state index contributed by atoms with van der Waals surface area (Å²) in [6.07, 6.45) is 2.58. The van der Waals surface area contributed by atoms with Crippen molar-refractivity contribution in [3.8, 4) is 0 Å². The van der Waals surface area contributed by atoms with Gasteiger partial charge < -0.3 is 10.4 Å². The van der Waals surface area contributed by atoms with Crippen molar-refractivity contribution >= 4 is 5.97 Å². The molecular weight excluding hydrogens is 178 g/mol. The summed E-state index contributed by atoms with van der Waals surface area (Å²) in [5.41, 5.74) is -1.09. The van der Waals surface area contributed by atoms with Crippen LogP contribution in [-0.2, 0) is 4.79 Å². The molecule has 0 saturated heterocycles. The molecule has 1 saturated carbocycles. The Hall–Kier alpha value is -0.570. The van der Waals surface area contributed by atoms with Crippen molar-refractivity contribution in [2.24, 2.45) is 11.3 Å². The molecule has 0 atom stereocenters.